The molecule has 0 aliphatic carbocycles. The maximum absolute atomic E-state index is 6.36. The molecule has 0 heterocycles. The van der Waals surface area contributed by atoms with E-state index in [1.807, 2.05) is 43.3 Å². The Morgan fingerprint density at radius 3 is 1.31 bits per heavy atom. The maximum Gasteiger partial charge on any atom is 0.0636 e. The van der Waals surface area contributed by atoms with Crippen LogP contribution >= 0.6 is 0 Å². The van der Waals surface area contributed by atoms with Gasteiger partial charge in [-0.15, -0.1) is 0 Å². The normalized spacial score (nSPS) is 11.7. The first-order chi connectivity index (χ1) is 23.9. The lowest BCUT2D eigenvalue weighted by atomic mass is 9.86. The summed E-state index contributed by atoms with van der Waals surface area (Å²) in [6.45, 7) is 6.63. The van der Waals surface area contributed by atoms with Crippen LogP contribution in [0.25, 0.3) is 44.5 Å². The van der Waals surface area contributed by atoms with Crippen molar-refractivity contribution < 1.29 is 0 Å². The van der Waals surface area contributed by atoms with Crippen molar-refractivity contribution in [2.75, 3.05) is 0 Å². The van der Waals surface area contributed by atoms with Gasteiger partial charge in [-0.25, -0.2) is 0 Å². The molecule has 0 aromatic heterocycles. The molecular weight excluding hydrogens is 591 g/mol. The predicted octanol–water partition coefficient (Wildman–Crippen LogP) is 12.8. The fourth-order valence-electron chi connectivity index (χ4n) is 6.32. The standard InChI is InChI=1S/C34H30.C14H15N/c1-3-25(2)30-21-31(26-13-7-4-8-14-26)23-32(22-30)29-19-20-33(27-15-9-5-10-16-27)34(24-29)28-17-11-6-12-18-28;1-14(15,12-8-4-2-5-9-12)13-10-6-3-7-11-13/h4-25H,3H2,1-2H3;2-11H,15H2,1H3. The molecule has 0 fully saturated rings. The van der Waals surface area contributed by atoms with E-state index in [2.05, 4.69) is 166 Å². The molecule has 0 bridgehead atoms. The van der Waals surface area contributed by atoms with Crippen LogP contribution in [-0.2, 0) is 5.54 Å². The van der Waals surface area contributed by atoms with E-state index >= 15 is 0 Å². The molecule has 0 saturated carbocycles. The highest BCUT2D eigenvalue weighted by Gasteiger charge is 2.22. The first-order valence-corrected chi connectivity index (χ1v) is 17.3. The smallest absolute Gasteiger partial charge is 0.0636 e. The summed E-state index contributed by atoms with van der Waals surface area (Å²) in [5.41, 5.74) is 19.7. The Labute approximate surface area is 292 Å². The van der Waals surface area contributed by atoms with Gasteiger partial charge in [-0.3, -0.25) is 0 Å². The van der Waals surface area contributed by atoms with Gasteiger partial charge >= 0.3 is 0 Å². The third-order valence-corrected chi connectivity index (χ3v) is 9.51. The van der Waals surface area contributed by atoms with Crippen molar-refractivity contribution in [1.29, 1.82) is 0 Å². The van der Waals surface area contributed by atoms with Crippen molar-refractivity contribution in [1.82, 2.24) is 0 Å². The van der Waals surface area contributed by atoms with E-state index in [9.17, 15) is 0 Å². The second-order valence-electron chi connectivity index (χ2n) is 12.9. The van der Waals surface area contributed by atoms with Gasteiger partial charge < -0.3 is 5.73 Å². The van der Waals surface area contributed by atoms with Crippen molar-refractivity contribution in [3.05, 3.63) is 205 Å². The minimum atomic E-state index is -0.414. The minimum Gasteiger partial charge on any atom is -0.318 e. The minimum absolute atomic E-state index is 0.414. The molecule has 7 aromatic rings. The predicted molar refractivity (Wildman–Crippen MR) is 210 cm³/mol. The number of benzene rings is 7. The van der Waals surface area contributed by atoms with E-state index in [1.54, 1.807) is 0 Å². The summed E-state index contributed by atoms with van der Waals surface area (Å²) < 4.78 is 0. The number of hydrogen-bond donors (Lipinski definition) is 1. The molecule has 0 spiro atoms. The highest BCUT2D eigenvalue weighted by atomic mass is 14.7. The summed E-state index contributed by atoms with van der Waals surface area (Å²) in [5.74, 6) is 0.514. The maximum atomic E-state index is 6.36. The van der Waals surface area contributed by atoms with Gasteiger partial charge in [-0.2, -0.15) is 0 Å². The Bertz CT molecular complexity index is 2010. The Hall–Kier alpha value is -5.50. The SMILES string of the molecule is CC(N)(c1ccccc1)c1ccccc1.CCC(C)c1cc(-c2ccccc2)cc(-c2ccc(-c3ccccc3)c(-c3ccccc3)c2)c1. The van der Waals surface area contributed by atoms with E-state index in [4.69, 9.17) is 5.73 Å². The third kappa shape index (κ3) is 7.97. The Morgan fingerprint density at radius 1 is 0.429 bits per heavy atom. The van der Waals surface area contributed by atoms with Crippen LogP contribution in [0.5, 0.6) is 0 Å². The summed E-state index contributed by atoms with van der Waals surface area (Å²) >= 11 is 0. The number of nitrogens with two attached hydrogens (primary N) is 1. The molecule has 7 rings (SSSR count). The van der Waals surface area contributed by atoms with E-state index < -0.39 is 5.54 Å². The zero-order chi connectivity index (χ0) is 34.1. The molecule has 242 valence electrons. The van der Waals surface area contributed by atoms with E-state index in [1.165, 1.54) is 50.1 Å². The highest BCUT2D eigenvalue weighted by Crippen LogP contribution is 2.38. The first kappa shape index (κ1) is 33.4. The summed E-state index contributed by atoms with van der Waals surface area (Å²) in [7, 11) is 0. The highest BCUT2D eigenvalue weighted by molar-refractivity contribution is 5.88. The molecule has 1 unspecified atom stereocenters. The summed E-state index contributed by atoms with van der Waals surface area (Å²) in [6.07, 6.45) is 1.12. The third-order valence-electron chi connectivity index (χ3n) is 9.51. The molecule has 0 aliphatic rings. The molecule has 0 radical (unpaired) electrons. The van der Waals surface area contributed by atoms with Crippen LogP contribution in [0.1, 0.15) is 49.8 Å². The second-order valence-corrected chi connectivity index (χ2v) is 12.9. The molecule has 0 aliphatic heterocycles. The van der Waals surface area contributed by atoms with E-state index in [0.717, 1.165) is 17.5 Å². The lowest BCUT2D eigenvalue weighted by Crippen LogP contribution is -2.34. The second kappa shape index (κ2) is 15.6. The molecule has 0 saturated heterocycles. The zero-order valence-electron chi connectivity index (χ0n) is 28.8. The molecule has 1 heteroatoms. The molecule has 0 amide bonds. The molecule has 7 aromatic carbocycles. The van der Waals surface area contributed by atoms with Gasteiger partial charge in [-0.1, -0.05) is 190 Å². The Balaban J connectivity index is 0.000000232. The van der Waals surface area contributed by atoms with Crippen LogP contribution < -0.4 is 5.73 Å². The van der Waals surface area contributed by atoms with Gasteiger partial charge in [0, 0.05) is 0 Å². The Kier molecular flexibility index (Phi) is 10.6. The molecule has 1 nitrogen and oxygen atoms in total. The van der Waals surface area contributed by atoms with Crippen molar-refractivity contribution in [2.24, 2.45) is 5.73 Å². The van der Waals surface area contributed by atoms with Crippen molar-refractivity contribution in [2.45, 2.75) is 38.6 Å². The summed E-state index contributed by atoms with van der Waals surface area (Å²) in [5, 5.41) is 0. The summed E-state index contributed by atoms with van der Waals surface area (Å²) in [6, 6.07) is 66.5. The van der Waals surface area contributed by atoms with Crippen LogP contribution in [0.4, 0.5) is 0 Å². The fraction of sp³-hybridized carbons (Fsp3) is 0.125. The van der Waals surface area contributed by atoms with Gasteiger partial charge in [0.25, 0.3) is 0 Å². The average molecular weight is 636 g/mol. The largest absolute Gasteiger partial charge is 0.318 e. The zero-order valence-corrected chi connectivity index (χ0v) is 28.8. The molecule has 49 heavy (non-hydrogen) atoms. The van der Waals surface area contributed by atoms with Gasteiger partial charge in [0.2, 0.25) is 0 Å². The lowest BCUT2D eigenvalue weighted by molar-refractivity contribution is 0.603. The van der Waals surface area contributed by atoms with Crippen LogP contribution in [0.3, 0.4) is 0 Å². The van der Waals surface area contributed by atoms with Crippen molar-refractivity contribution in [3.8, 4) is 44.5 Å². The quantitative estimate of drug-likeness (QED) is 0.177. The fourth-order valence-corrected chi connectivity index (χ4v) is 6.32. The van der Waals surface area contributed by atoms with E-state index in [-0.39, 0.29) is 0 Å². The van der Waals surface area contributed by atoms with Crippen LogP contribution in [-0.4, -0.2) is 0 Å². The van der Waals surface area contributed by atoms with E-state index in [0.29, 0.717) is 5.92 Å². The Morgan fingerprint density at radius 2 is 0.837 bits per heavy atom. The van der Waals surface area contributed by atoms with Crippen molar-refractivity contribution >= 4 is 0 Å². The summed E-state index contributed by atoms with van der Waals surface area (Å²) in [4.78, 5) is 0. The van der Waals surface area contributed by atoms with Gasteiger partial charge in [0.15, 0.2) is 0 Å². The lowest BCUT2D eigenvalue weighted by Gasteiger charge is -2.25. The average Bonchev–Trinajstić information content (AvgIpc) is 3.19. The monoisotopic (exact) mass is 635 g/mol. The number of hydrogen-bond acceptors (Lipinski definition) is 1. The van der Waals surface area contributed by atoms with Gasteiger partial charge in [-0.05, 0) is 92.6 Å². The van der Waals surface area contributed by atoms with Gasteiger partial charge in [0.1, 0.15) is 0 Å². The molecule has 1 atom stereocenters. The number of rotatable bonds is 8. The van der Waals surface area contributed by atoms with Crippen LogP contribution in [0, 0.1) is 0 Å². The molecule has 2 N–H and O–H groups in total. The molecular formula is C48H45N. The van der Waals surface area contributed by atoms with Crippen LogP contribution in [0.2, 0.25) is 0 Å². The first-order valence-electron chi connectivity index (χ1n) is 17.3. The van der Waals surface area contributed by atoms with Crippen molar-refractivity contribution in [3.63, 3.8) is 0 Å². The topological polar surface area (TPSA) is 26.0 Å². The van der Waals surface area contributed by atoms with Gasteiger partial charge in [0.05, 0.1) is 5.54 Å². The van der Waals surface area contributed by atoms with Crippen LogP contribution in [0.15, 0.2) is 188 Å².